The largest absolute Gasteiger partial charge is 0.296 e. The molecule has 0 unspecified atom stereocenters. The number of nitrogens with zero attached hydrogens (tertiary/aromatic N) is 4. The van der Waals surface area contributed by atoms with Gasteiger partial charge in [0.1, 0.15) is 5.01 Å². The molecule has 2 aromatic rings. The Morgan fingerprint density at radius 3 is 2.80 bits per heavy atom. The Bertz CT molecular complexity index is 828. The average molecular weight is 356 g/mol. The Balaban J connectivity index is 1.19. The minimum Gasteiger partial charge on any atom is -0.296 e. The zero-order chi connectivity index (χ0) is 16.8. The van der Waals surface area contributed by atoms with E-state index in [4.69, 9.17) is 4.98 Å². The summed E-state index contributed by atoms with van der Waals surface area (Å²) in [7, 11) is 0. The van der Waals surface area contributed by atoms with Crippen molar-refractivity contribution in [1.29, 1.82) is 0 Å². The second-order valence-electron chi connectivity index (χ2n) is 7.73. The molecule has 6 heteroatoms. The van der Waals surface area contributed by atoms with Crippen molar-refractivity contribution in [3.8, 4) is 0 Å². The summed E-state index contributed by atoms with van der Waals surface area (Å²) in [5, 5.41) is 5.92. The van der Waals surface area contributed by atoms with Gasteiger partial charge in [0.25, 0.3) is 5.56 Å². The van der Waals surface area contributed by atoms with E-state index in [0.717, 1.165) is 44.7 Å². The maximum absolute atomic E-state index is 12.3. The van der Waals surface area contributed by atoms with E-state index in [1.807, 2.05) is 17.4 Å². The number of fused-ring (bicyclic) bond motifs is 2. The highest BCUT2D eigenvalue weighted by Crippen LogP contribution is 2.29. The molecule has 0 aromatic carbocycles. The van der Waals surface area contributed by atoms with Crippen LogP contribution in [0.5, 0.6) is 0 Å². The topological polar surface area (TPSA) is 51.0 Å². The molecule has 3 heterocycles. The van der Waals surface area contributed by atoms with Gasteiger partial charge in [0.05, 0.1) is 24.5 Å². The molecule has 1 fully saturated rings. The van der Waals surface area contributed by atoms with Crippen molar-refractivity contribution < 1.29 is 0 Å². The number of likely N-dealkylation sites (tertiary alicyclic amines) is 1. The van der Waals surface area contributed by atoms with Gasteiger partial charge in [-0.05, 0) is 50.5 Å². The molecule has 1 saturated heterocycles. The molecule has 0 spiro atoms. The van der Waals surface area contributed by atoms with E-state index in [-0.39, 0.29) is 5.56 Å². The number of hydrogen-bond donors (Lipinski definition) is 0. The van der Waals surface area contributed by atoms with Gasteiger partial charge in [0, 0.05) is 30.0 Å². The molecule has 25 heavy (non-hydrogen) atoms. The number of thiazole rings is 1. The van der Waals surface area contributed by atoms with Crippen LogP contribution < -0.4 is 5.56 Å². The predicted octanol–water partition coefficient (Wildman–Crippen LogP) is 2.20. The molecule has 0 radical (unpaired) electrons. The Morgan fingerprint density at radius 2 is 1.92 bits per heavy atom. The molecule has 0 saturated carbocycles. The monoisotopic (exact) mass is 356 g/mol. The molecular formula is C19H24N4OS. The summed E-state index contributed by atoms with van der Waals surface area (Å²) in [6.07, 6.45) is 8.12. The molecule has 5 rings (SSSR count). The van der Waals surface area contributed by atoms with Crippen molar-refractivity contribution in [2.24, 2.45) is 5.92 Å². The van der Waals surface area contributed by atoms with Gasteiger partial charge in [0.2, 0.25) is 0 Å². The standard InChI is InChI=1S/C19H24N4OS/c24-19-8-14-4-1-2-5-15(14)21-23(19)11-13-9-22(10-13)12-18-20-16-6-3-7-17(16)25-18/h8,13H,1-7,9-12H2. The zero-order valence-electron chi connectivity index (χ0n) is 14.5. The molecule has 2 aromatic heterocycles. The van der Waals surface area contributed by atoms with Crippen molar-refractivity contribution in [2.75, 3.05) is 13.1 Å². The summed E-state index contributed by atoms with van der Waals surface area (Å²) < 4.78 is 1.71. The normalized spacial score (nSPS) is 20.3. The van der Waals surface area contributed by atoms with Crippen LogP contribution in [0.1, 0.15) is 46.1 Å². The van der Waals surface area contributed by atoms with E-state index in [0.29, 0.717) is 5.92 Å². The summed E-state index contributed by atoms with van der Waals surface area (Å²) in [6, 6.07) is 1.83. The van der Waals surface area contributed by atoms with E-state index in [1.54, 1.807) is 4.68 Å². The van der Waals surface area contributed by atoms with Gasteiger partial charge in [-0.2, -0.15) is 5.10 Å². The lowest BCUT2D eigenvalue weighted by atomic mass is 9.96. The van der Waals surface area contributed by atoms with E-state index in [9.17, 15) is 4.79 Å². The van der Waals surface area contributed by atoms with E-state index < -0.39 is 0 Å². The summed E-state index contributed by atoms with van der Waals surface area (Å²) in [5.74, 6) is 0.540. The second-order valence-corrected chi connectivity index (χ2v) is 8.90. The van der Waals surface area contributed by atoms with Gasteiger partial charge in [-0.15, -0.1) is 11.3 Å². The van der Waals surface area contributed by atoms with Crippen LogP contribution >= 0.6 is 11.3 Å². The van der Waals surface area contributed by atoms with Crippen molar-refractivity contribution in [1.82, 2.24) is 19.7 Å². The van der Waals surface area contributed by atoms with E-state index in [2.05, 4.69) is 10.00 Å². The first kappa shape index (κ1) is 15.7. The summed E-state index contributed by atoms with van der Waals surface area (Å²) in [5.41, 5.74) is 3.76. The molecule has 0 atom stereocenters. The van der Waals surface area contributed by atoms with Gasteiger partial charge in [0.15, 0.2) is 0 Å². The highest BCUT2D eigenvalue weighted by atomic mass is 32.1. The van der Waals surface area contributed by atoms with Crippen molar-refractivity contribution in [3.05, 3.63) is 43.3 Å². The van der Waals surface area contributed by atoms with Crippen molar-refractivity contribution >= 4 is 11.3 Å². The Hall–Kier alpha value is -1.53. The van der Waals surface area contributed by atoms with Gasteiger partial charge < -0.3 is 0 Å². The third-order valence-corrected chi connectivity index (χ3v) is 6.88. The van der Waals surface area contributed by atoms with Crippen LogP contribution in [-0.4, -0.2) is 32.8 Å². The Labute approximate surface area is 151 Å². The second kappa shape index (κ2) is 6.32. The Morgan fingerprint density at radius 1 is 1.08 bits per heavy atom. The molecule has 3 aliphatic rings. The first-order chi connectivity index (χ1) is 12.2. The molecule has 5 nitrogen and oxygen atoms in total. The van der Waals surface area contributed by atoms with Gasteiger partial charge in [-0.3, -0.25) is 9.69 Å². The molecular weight excluding hydrogens is 332 g/mol. The lowest BCUT2D eigenvalue weighted by Gasteiger charge is -2.38. The van der Waals surface area contributed by atoms with Crippen LogP contribution in [0.4, 0.5) is 0 Å². The summed E-state index contributed by atoms with van der Waals surface area (Å²) in [4.78, 5) is 21.0. The molecule has 0 amide bonds. The number of aryl methyl sites for hydroxylation is 4. The third-order valence-electron chi connectivity index (χ3n) is 5.74. The first-order valence-electron chi connectivity index (χ1n) is 9.54. The fourth-order valence-corrected chi connectivity index (χ4v) is 5.60. The van der Waals surface area contributed by atoms with Gasteiger partial charge in [-0.25, -0.2) is 9.67 Å². The van der Waals surface area contributed by atoms with E-state index >= 15 is 0 Å². The highest BCUT2D eigenvalue weighted by molar-refractivity contribution is 7.11. The van der Waals surface area contributed by atoms with E-state index in [1.165, 1.54) is 53.2 Å². The minimum absolute atomic E-state index is 0.0791. The lowest BCUT2D eigenvalue weighted by molar-refractivity contribution is 0.0763. The highest BCUT2D eigenvalue weighted by Gasteiger charge is 2.29. The zero-order valence-corrected chi connectivity index (χ0v) is 15.4. The summed E-state index contributed by atoms with van der Waals surface area (Å²) >= 11 is 1.90. The SMILES string of the molecule is O=c1cc2c(nn1CC1CN(Cc3nc4c(s3)CCC4)C1)CCCC2. The van der Waals surface area contributed by atoms with Crippen molar-refractivity contribution in [3.63, 3.8) is 0 Å². The van der Waals surface area contributed by atoms with Crippen LogP contribution in [0.15, 0.2) is 10.9 Å². The third kappa shape index (κ3) is 3.06. The molecule has 0 N–H and O–H groups in total. The molecule has 2 aliphatic carbocycles. The fraction of sp³-hybridized carbons (Fsp3) is 0.632. The number of rotatable bonds is 4. The van der Waals surface area contributed by atoms with Gasteiger partial charge >= 0.3 is 0 Å². The van der Waals surface area contributed by atoms with Crippen LogP contribution in [0.25, 0.3) is 0 Å². The molecule has 132 valence electrons. The van der Waals surface area contributed by atoms with Crippen LogP contribution in [-0.2, 0) is 38.8 Å². The number of aromatic nitrogens is 3. The maximum Gasteiger partial charge on any atom is 0.267 e. The average Bonchev–Trinajstić information content (AvgIpc) is 3.14. The minimum atomic E-state index is 0.0791. The quantitative estimate of drug-likeness (QED) is 0.843. The van der Waals surface area contributed by atoms with Crippen molar-refractivity contribution in [2.45, 2.75) is 58.0 Å². The van der Waals surface area contributed by atoms with Gasteiger partial charge in [-0.1, -0.05) is 0 Å². The van der Waals surface area contributed by atoms with Crippen LogP contribution in [0.2, 0.25) is 0 Å². The first-order valence-corrected chi connectivity index (χ1v) is 10.4. The smallest absolute Gasteiger partial charge is 0.267 e. The maximum atomic E-state index is 12.3. The summed E-state index contributed by atoms with van der Waals surface area (Å²) in [6.45, 7) is 3.84. The molecule has 1 aliphatic heterocycles. The van der Waals surface area contributed by atoms with Crippen LogP contribution in [0.3, 0.4) is 0 Å². The fourth-order valence-electron chi connectivity index (χ4n) is 4.40. The lowest BCUT2D eigenvalue weighted by Crippen LogP contribution is -2.49. The number of hydrogen-bond acceptors (Lipinski definition) is 5. The predicted molar refractivity (Wildman–Crippen MR) is 98.0 cm³/mol. The Kier molecular flexibility index (Phi) is 3.97. The molecule has 0 bridgehead atoms. The van der Waals surface area contributed by atoms with Crippen LogP contribution in [0, 0.1) is 5.92 Å².